The highest BCUT2D eigenvalue weighted by atomic mass is 35.5. The maximum absolute atomic E-state index is 12.9. The Morgan fingerprint density at radius 3 is 2.92 bits per heavy atom. The van der Waals surface area contributed by atoms with Crippen LogP contribution in [0.15, 0.2) is 18.2 Å². The number of benzene rings is 1. The highest BCUT2D eigenvalue weighted by molar-refractivity contribution is 6.35. The van der Waals surface area contributed by atoms with Crippen LogP contribution in [0.2, 0.25) is 5.02 Å². The molecule has 62 valence electrons. The zero-order valence-electron chi connectivity index (χ0n) is 6.49. The number of H-pyrrole nitrogens is 1. The fourth-order valence-corrected chi connectivity index (χ4v) is 1.50. The van der Waals surface area contributed by atoms with Gasteiger partial charge in [0, 0.05) is 11.1 Å². The first-order valence-electron chi connectivity index (χ1n) is 3.62. The maximum atomic E-state index is 12.9. The molecule has 1 aromatic carbocycles. The fourth-order valence-electron chi connectivity index (χ4n) is 1.28. The molecule has 2 aromatic rings. The van der Waals surface area contributed by atoms with Gasteiger partial charge in [0.15, 0.2) is 0 Å². The molecule has 0 saturated heterocycles. The van der Waals surface area contributed by atoms with Gasteiger partial charge in [0.2, 0.25) is 0 Å². The van der Waals surface area contributed by atoms with Gasteiger partial charge in [0.05, 0.1) is 5.52 Å². The number of hydrogen-bond acceptors (Lipinski definition) is 0. The lowest BCUT2D eigenvalue weighted by Crippen LogP contribution is -1.77. The average molecular weight is 184 g/mol. The Balaban J connectivity index is 2.89. The van der Waals surface area contributed by atoms with Crippen LogP contribution in [0.4, 0.5) is 4.39 Å². The Labute approximate surface area is 74.2 Å². The quantitative estimate of drug-likeness (QED) is 0.645. The first-order chi connectivity index (χ1) is 5.68. The maximum Gasteiger partial charge on any atom is 0.143 e. The third-order valence-corrected chi connectivity index (χ3v) is 2.19. The summed E-state index contributed by atoms with van der Waals surface area (Å²) in [6.45, 7) is 1.91. The van der Waals surface area contributed by atoms with Crippen LogP contribution in [-0.4, -0.2) is 4.98 Å². The Bertz CT molecular complexity index is 433. The molecular formula is C9H7ClFN. The van der Waals surface area contributed by atoms with Crippen molar-refractivity contribution in [1.82, 2.24) is 4.98 Å². The second kappa shape index (κ2) is 2.49. The highest BCUT2D eigenvalue weighted by Gasteiger charge is 2.06. The van der Waals surface area contributed by atoms with Crippen LogP contribution in [0.3, 0.4) is 0 Å². The van der Waals surface area contributed by atoms with Crippen molar-refractivity contribution in [3.63, 3.8) is 0 Å². The third kappa shape index (κ3) is 0.994. The van der Waals surface area contributed by atoms with Crippen LogP contribution >= 0.6 is 11.6 Å². The molecule has 0 spiro atoms. The monoisotopic (exact) mass is 183 g/mol. The number of aryl methyl sites for hydroxylation is 1. The van der Waals surface area contributed by atoms with Crippen LogP contribution in [0.1, 0.15) is 5.69 Å². The number of fused-ring (bicyclic) bond motifs is 1. The van der Waals surface area contributed by atoms with Crippen molar-refractivity contribution >= 4 is 22.5 Å². The SMILES string of the molecule is Cc1cc2ccc(F)c(Cl)c2[nH]1. The van der Waals surface area contributed by atoms with E-state index < -0.39 is 0 Å². The number of halogens is 2. The molecule has 0 aliphatic carbocycles. The van der Waals surface area contributed by atoms with Gasteiger partial charge in [-0.15, -0.1) is 0 Å². The topological polar surface area (TPSA) is 15.8 Å². The summed E-state index contributed by atoms with van der Waals surface area (Å²) in [4.78, 5) is 3.00. The van der Waals surface area contributed by atoms with Crippen LogP contribution < -0.4 is 0 Å². The molecule has 0 radical (unpaired) electrons. The van der Waals surface area contributed by atoms with Gasteiger partial charge in [-0.2, -0.15) is 0 Å². The van der Waals surface area contributed by atoms with E-state index in [2.05, 4.69) is 4.98 Å². The van der Waals surface area contributed by atoms with Crippen molar-refractivity contribution in [2.75, 3.05) is 0 Å². The van der Waals surface area contributed by atoms with Crippen LogP contribution in [0.5, 0.6) is 0 Å². The van der Waals surface area contributed by atoms with Gasteiger partial charge < -0.3 is 4.98 Å². The minimum absolute atomic E-state index is 0.167. The molecule has 1 aromatic heterocycles. The Morgan fingerprint density at radius 1 is 1.42 bits per heavy atom. The smallest absolute Gasteiger partial charge is 0.143 e. The standard InChI is InChI=1S/C9H7ClFN/c1-5-4-6-2-3-7(11)8(10)9(6)12-5/h2-4,12H,1H3. The summed E-state index contributed by atoms with van der Waals surface area (Å²) in [5.41, 5.74) is 1.66. The number of rotatable bonds is 0. The van der Waals surface area contributed by atoms with Gasteiger partial charge in [0.1, 0.15) is 10.8 Å². The lowest BCUT2D eigenvalue weighted by Gasteiger charge is -1.94. The van der Waals surface area contributed by atoms with Crippen LogP contribution in [0, 0.1) is 12.7 Å². The Morgan fingerprint density at radius 2 is 2.17 bits per heavy atom. The predicted molar refractivity (Wildman–Crippen MR) is 48.0 cm³/mol. The highest BCUT2D eigenvalue weighted by Crippen LogP contribution is 2.25. The van der Waals surface area contributed by atoms with Gasteiger partial charge in [-0.25, -0.2) is 4.39 Å². The minimum atomic E-state index is -0.383. The number of nitrogens with one attached hydrogen (secondary N) is 1. The first kappa shape index (κ1) is 7.62. The summed E-state index contributed by atoms with van der Waals surface area (Å²) in [7, 11) is 0. The number of hydrogen-bond donors (Lipinski definition) is 1. The normalized spacial score (nSPS) is 10.9. The summed E-state index contributed by atoms with van der Waals surface area (Å²) in [6.07, 6.45) is 0. The van der Waals surface area contributed by atoms with E-state index in [4.69, 9.17) is 11.6 Å². The van der Waals surface area contributed by atoms with E-state index in [9.17, 15) is 4.39 Å². The van der Waals surface area contributed by atoms with Gasteiger partial charge in [-0.05, 0) is 25.1 Å². The van der Waals surface area contributed by atoms with E-state index in [0.29, 0.717) is 5.52 Å². The van der Waals surface area contributed by atoms with E-state index in [0.717, 1.165) is 11.1 Å². The molecular weight excluding hydrogens is 177 g/mol. The van der Waals surface area contributed by atoms with E-state index in [1.54, 1.807) is 6.07 Å². The molecule has 0 amide bonds. The zero-order valence-corrected chi connectivity index (χ0v) is 7.24. The van der Waals surface area contributed by atoms with Crippen molar-refractivity contribution in [3.8, 4) is 0 Å². The Hall–Kier alpha value is -1.02. The molecule has 1 N–H and O–H groups in total. The molecule has 2 rings (SSSR count). The summed E-state index contributed by atoms with van der Waals surface area (Å²) < 4.78 is 12.9. The van der Waals surface area contributed by atoms with Gasteiger partial charge in [-0.1, -0.05) is 11.6 Å². The molecule has 12 heavy (non-hydrogen) atoms. The predicted octanol–water partition coefficient (Wildman–Crippen LogP) is 3.27. The van der Waals surface area contributed by atoms with Crippen molar-refractivity contribution in [1.29, 1.82) is 0 Å². The second-order valence-electron chi connectivity index (χ2n) is 2.78. The van der Waals surface area contributed by atoms with Crippen molar-refractivity contribution in [2.45, 2.75) is 6.92 Å². The van der Waals surface area contributed by atoms with Crippen molar-refractivity contribution in [2.24, 2.45) is 0 Å². The molecule has 0 atom stereocenters. The summed E-state index contributed by atoms with van der Waals surface area (Å²) >= 11 is 5.73. The molecule has 0 bridgehead atoms. The van der Waals surface area contributed by atoms with E-state index in [-0.39, 0.29) is 10.8 Å². The van der Waals surface area contributed by atoms with Gasteiger partial charge >= 0.3 is 0 Å². The molecule has 0 fully saturated rings. The number of aromatic amines is 1. The van der Waals surface area contributed by atoms with Crippen molar-refractivity contribution < 1.29 is 4.39 Å². The van der Waals surface area contributed by atoms with E-state index in [1.165, 1.54) is 6.07 Å². The van der Waals surface area contributed by atoms with E-state index in [1.807, 2.05) is 13.0 Å². The minimum Gasteiger partial charge on any atom is -0.357 e. The third-order valence-electron chi connectivity index (χ3n) is 1.82. The van der Waals surface area contributed by atoms with Crippen molar-refractivity contribution in [3.05, 3.63) is 34.7 Å². The molecule has 1 nitrogen and oxygen atoms in total. The molecule has 0 aliphatic rings. The average Bonchev–Trinajstić information content (AvgIpc) is 2.39. The fraction of sp³-hybridized carbons (Fsp3) is 0.111. The second-order valence-corrected chi connectivity index (χ2v) is 3.16. The lowest BCUT2D eigenvalue weighted by molar-refractivity contribution is 0.630. The van der Waals surface area contributed by atoms with Gasteiger partial charge in [0.25, 0.3) is 0 Å². The lowest BCUT2D eigenvalue weighted by atomic mass is 10.2. The molecule has 0 saturated carbocycles. The van der Waals surface area contributed by atoms with E-state index >= 15 is 0 Å². The molecule has 3 heteroatoms. The van der Waals surface area contributed by atoms with Gasteiger partial charge in [-0.3, -0.25) is 0 Å². The molecule has 0 unspecified atom stereocenters. The van der Waals surface area contributed by atoms with Crippen LogP contribution in [-0.2, 0) is 0 Å². The molecule has 0 aliphatic heterocycles. The number of aromatic nitrogens is 1. The zero-order chi connectivity index (χ0) is 8.72. The summed E-state index contributed by atoms with van der Waals surface area (Å²) in [5.74, 6) is -0.383. The first-order valence-corrected chi connectivity index (χ1v) is 3.99. The van der Waals surface area contributed by atoms with Crippen LogP contribution in [0.25, 0.3) is 10.9 Å². The Kier molecular flexibility index (Phi) is 1.58. The largest absolute Gasteiger partial charge is 0.357 e. The molecule has 1 heterocycles. The summed E-state index contributed by atoms with van der Waals surface area (Å²) in [6, 6.07) is 5.01. The summed E-state index contributed by atoms with van der Waals surface area (Å²) in [5, 5.41) is 1.11.